The molecule has 10 nitrogen and oxygen atoms in total. The lowest BCUT2D eigenvalue weighted by atomic mass is 10.2. The van der Waals surface area contributed by atoms with Crippen LogP contribution in [-0.2, 0) is 11.3 Å². The summed E-state index contributed by atoms with van der Waals surface area (Å²) in [5.41, 5.74) is 2.51. The molecule has 2 aromatic carbocycles. The van der Waals surface area contributed by atoms with Crippen molar-refractivity contribution in [2.45, 2.75) is 19.6 Å². The van der Waals surface area contributed by atoms with Crippen molar-refractivity contribution < 1.29 is 14.6 Å². The summed E-state index contributed by atoms with van der Waals surface area (Å²) in [5, 5.41) is 24.0. The minimum Gasteiger partial charge on any atom is -0.480 e. The number of fused-ring (bicyclic) bond motifs is 2. The maximum atomic E-state index is 12.2. The number of carbonyl (C=O) groups excluding carboxylic acids is 1. The fraction of sp³-hybridized carbons (Fsp3) is 0.208. The van der Waals surface area contributed by atoms with Crippen LogP contribution in [0.15, 0.2) is 60.5 Å². The zero-order chi connectivity index (χ0) is 24.2. The van der Waals surface area contributed by atoms with Crippen molar-refractivity contribution in [3.63, 3.8) is 0 Å². The van der Waals surface area contributed by atoms with Crippen LogP contribution in [0.5, 0.6) is 5.75 Å². The number of aromatic nitrogens is 5. The molecule has 0 aliphatic heterocycles. The molecule has 0 aliphatic carbocycles. The summed E-state index contributed by atoms with van der Waals surface area (Å²) in [7, 11) is 0. The first-order chi connectivity index (χ1) is 17.1. The van der Waals surface area contributed by atoms with Gasteiger partial charge in [-0.2, -0.15) is 5.10 Å². The Morgan fingerprint density at radius 2 is 2.14 bits per heavy atom. The minimum absolute atomic E-state index is 0.136. The molecule has 0 saturated heterocycles. The second-order valence-electron chi connectivity index (χ2n) is 7.77. The molecule has 1 amide bonds. The van der Waals surface area contributed by atoms with E-state index in [0.29, 0.717) is 29.0 Å². The number of thiazole rings is 1. The van der Waals surface area contributed by atoms with Gasteiger partial charge < -0.3 is 20.5 Å². The number of aliphatic hydroxyl groups excluding tert-OH is 1. The number of hydrogen-bond acceptors (Lipinski definition) is 9. The number of aliphatic hydroxyl groups is 1. The molecule has 0 bridgehead atoms. The van der Waals surface area contributed by atoms with E-state index < -0.39 is 6.10 Å². The maximum absolute atomic E-state index is 12.2. The molecule has 178 valence electrons. The largest absolute Gasteiger partial charge is 0.480 e. The highest BCUT2D eigenvalue weighted by Crippen LogP contribution is 2.32. The van der Waals surface area contributed by atoms with E-state index in [-0.39, 0.29) is 19.1 Å². The topological polar surface area (TPSA) is 127 Å². The lowest BCUT2D eigenvalue weighted by Crippen LogP contribution is -2.37. The highest BCUT2D eigenvalue weighted by Gasteiger charge is 2.18. The summed E-state index contributed by atoms with van der Waals surface area (Å²) in [5.74, 6) is 0.723. The Morgan fingerprint density at radius 1 is 1.23 bits per heavy atom. The van der Waals surface area contributed by atoms with Gasteiger partial charge in [0.15, 0.2) is 6.10 Å². The quantitative estimate of drug-likeness (QED) is 0.288. The molecule has 35 heavy (non-hydrogen) atoms. The zero-order valence-corrected chi connectivity index (χ0v) is 19.7. The van der Waals surface area contributed by atoms with Gasteiger partial charge >= 0.3 is 0 Å². The Hall–Kier alpha value is -4.09. The number of rotatable bonds is 9. The Balaban J connectivity index is 1.42. The van der Waals surface area contributed by atoms with E-state index >= 15 is 0 Å². The van der Waals surface area contributed by atoms with Crippen molar-refractivity contribution in [3.05, 3.63) is 65.5 Å². The number of nitrogens with one attached hydrogen (secondary N) is 2. The number of ether oxygens (including phenoxy) is 1. The van der Waals surface area contributed by atoms with Crippen LogP contribution in [0.4, 0.5) is 11.5 Å². The fourth-order valence-corrected chi connectivity index (χ4v) is 4.32. The van der Waals surface area contributed by atoms with Gasteiger partial charge in [-0.1, -0.05) is 6.07 Å². The van der Waals surface area contributed by atoms with Crippen LogP contribution in [-0.4, -0.2) is 55.0 Å². The normalized spacial score (nSPS) is 12.1. The SMILES string of the molecule is C[C@@H](Oc1cccc2ncnc(Nc3ccc4c(cnn4Cc4nccs4)c3)c12)C(=O)NCCO. The third kappa shape index (κ3) is 4.91. The number of benzene rings is 2. The smallest absolute Gasteiger partial charge is 0.260 e. The lowest BCUT2D eigenvalue weighted by molar-refractivity contribution is -0.127. The minimum atomic E-state index is -0.764. The van der Waals surface area contributed by atoms with Gasteiger partial charge in [0.25, 0.3) is 5.91 Å². The van der Waals surface area contributed by atoms with Gasteiger partial charge in [0.2, 0.25) is 0 Å². The molecule has 3 N–H and O–H groups in total. The third-order valence-corrected chi connectivity index (χ3v) is 6.15. The number of nitrogens with zero attached hydrogens (tertiary/aromatic N) is 5. The second kappa shape index (κ2) is 10.0. The van der Waals surface area contributed by atoms with E-state index in [1.165, 1.54) is 6.33 Å². The first-order valence-corrected chi connectivity index (χ1v) is 11.9. The van der Waals surface area contributed by atoms with E-state index in [9.17, 15) is 4.79 Å². The number of amides is 1. The summed E-state index contributed by atoms with van der Waals surface area (Å²) in [6.07, 6.45) is 4.34. The van der Waals surface area contributed by atoms with Gasteiger partial charge in [-0.25, -0.2) is 15.0 Å². The standard InChI is InChI=1S/C24H23N7O3S/c1-15(24(33)26-7-9-32)34-20-4-2-3-18-22(20)23(28-14-27-18)30-17-5-6-19-16(11-17)12-29-31(19)13-21-25-8-10-35-21/h2-6,8,10-12,14-15,32H,7,9,13H2,1H3,(H,26,33)(H,27,28,30)/t15-/m1/s1. The summed E-state index contributed by atoms with van der Waals surface area (Å²) < 4.78 is 7.88. The van der Waals surface area contributed by atoms with Crippen LogP contribution >= 0.6 is 11.3 Å². The van der Waals surface area contributed by atoms with E-state index in [1.807, 2.05) is 46.6 Å². The second-order valence-corrected chi connectivity index (χ2v) is 8.75. The average Bonchev–Trinajstić information content (AvgIpc) is 3.53. The van der Waals surface area contributed by atoms with Gasteiger partial charge in [0.05, 0.1) is 35.8 Å². The first kappa shape index (κ1) is 22.7. The average molecular weight is 490 g/mol. The predicted octanol–water partition coefficient (Wildman–Crippen LogP) is 3.10. The van der Waals surface area contributed by atoms with E-state index in [1.54, 1.807) is 30.5 Å². The molecular formula is C24H23N7O3S. The monoisotopic (exact) mass is 489 g/mol. The van der Waals surface area contributed by atoms with E-state index in [0.717, 1.165) is 21.6 Å². The number of anilines is 2. The van der Waals surface area contributed by atoms with Crippen molar-refractivity contribution in [1.82, 2.24) is 30.0 Å². The van der Waals surface area contributed by atoms with Crippen LogP contribution in [0.1, 0.15) is 11.9 Å². The van der Waals surface area contributed by atoms with Crippen LogP contribution in [0, 0.1) is 0 Å². The third-order valence-electron chi connectivity index (χ3n) is 5.38. The van der Waals surface area contributed by atoms with Crippen molar-refractivity contribution in [2.24, 2.45) is 0 Å². The molecule has 0 fully saturated rings. The van der Waals surface area contributed by atoms with Crippen molar-refractivity contribution in [2.75, 3.05) is 18.5 Å². The number of hydrogen-bond donors (Lipinski definition) is 3. The molecule has 0 saturated carbocycles. The molecule has 1 atom stereocenters. The summed E-state index contributed by atoms with van der Waals surface area (Å²) >= 11 is 1.60. The Morgan fingerprint density at radius 3 is 2.97 bits per heavy atom. The van der Waals surface area contributed by atoms with Crippen LogP contribution in [0.3, 0.4) is 0 Å². The molecule has 3 heterocycles. The first-order valence-electron chi connectivity index (χ1n) is 11.0. The van der Waals surface area contributed by atoms with Crippen molar-refractivity contribution in [1.29, 1.82) is 0 Å². The Kier molecular flexibility index (Phi) is 6.51. The molecule has 0 spiro atoms. The number of carbonyl (C=O) groups is 1. The predicted molar refractivity (Wildman–Crippen MR) is 134 cm³/mol. The Bertz CT molecular complexity index is 1460. The van der Waals surface area contributed by atoms with Crippen LogP contribution in [0.25, 0.3) is 21.8 Å². The van der Waals surface area contributed by atoms with Crippen molar-refractivity contribution in [3.8, 4) is 5.75 Å². The van der Waals surface area contributed by atoms with E-state index in [4.69, 9.17) is 9.84 Å². The molecule has 5 rings (SSSR count). The summed E-state index contributed by atoms with van der Waals surface area (Å²) in [4.78, 5) is 25.4. The van der Waals surface area contributed by atoms with Crippen LogP contribution < -0.4 is 15.4 Å². The van der Waals surface area contributed by atoms with Gasteiger partial charge in [-0.05, 0) is 37.3 Å². The van der Waals surface area contributed by atoms with E-state index in [2.05, 4.69) is 30.7 Å². The van der Waals surface area contributed by atoms with Gasteiger partial charge in [0, 0.05) is 29.2 Å². The molecule has 3 aromatic heterocycles. The summed E-state index contributed by atoms with van der Waals surface area (Å²) in [6.45, 7) is 2.30. The van der Waals surface area contributed by atoms with Crippen molar-refractivity contribution >= 4 is 50.6 Å². The van der Waals surface area contributed by atoms with Gasteiger partial charge in [-0.15, -0.1) is 11.3 Å². The molecule has 0 aliphatic rings. The summed E-state index contributed by atoms with van der Waals surface area (Å²) in [6, 6.07) is 11.4. The molecular weight excluding hydrogens is 466 g/mol. The molecule has 0 radical (unpaired) electrons. The molecule has 11 heteroatoms. The van der Waals surface area contributed by atoms with Crippen LogP contribution in [0.2, 0.25) is 0 Å². The highest BCUT2D eigenvalue weighted by atomic mass is 32.1. The fourth-order valence-electron chi connectivity index (χ4n) is 3.72. The molecule has 5 aromatic rings. The van der Waals surface area contributed by atoms with Gasteiger partial charge in [0.1, 0.15) is 22.9 Å². The maximum Gasteiger partial charge on any atom is 0.260 e. The molecule has 0 unspecified atom stereocenters. The Labute approximate surface area is 204 Å². The zero-order valence-electron chi connectivity index (χ0n) is 18.9. The van der Waals surface area contributed by atoms with Gasteiger partial charge in [-0.3, -0.25) is 9.48 Å². The lowest BCUT2D eigenvalue weighted by Gasteiger charge is -2.17. The highest BCUT2D eigenvalue weighted by molar-refractivity contribution is 7.09.